The summed E-state index contributed by atoms with van der Waals surface area (Å²) in [4.78, 5) is 4.65. The molecule has 1 fully saturated rings. The summed E-state index contributed by atoms with van der Waals surface area (Å²) in [5.41, 5.74) is 3.20. The van der Waals surface area contributed by atoms with Crippen LogP contribution in [0.2, 0.25) is 0 Å². The Morgan fingerprint density at radius 1 is 1.08 bits per heavy atom. The fourth-order valence-corrected chi connectivity index (χ4v) is 3.23. The summed E-state index contributed by atoms with van der Waals surface area (Å²) >= 11 is 0. The Labute approximate surface area is 142 Å². The lowest BCUT2D eigenvalue weighted by molar-refractivity contribution is 0.369. The first-order valence-corrected chi connectivity index (χ1v) is 8.74. The molecule has 0 atom stereocenters. The molecule has 2 aromatic heterocycles. The molecule has 0 aliphatic heterocycles. The van der Waals surface area contributed by atoms with Gasteiger partial charge in [0.25, 0.3) is 0 Å². The average molecular weight is 320 g/mol. The topological polar surface area (TPSA) is 42.7 Å². The largest absolute Gasteiger partial charge is 0.367 e. The second kappa shape index (κ2) is 5.62. The van der Waals surface area contributed by atoms with Gasteiger partial charge in [-0.2, -0.15) is 5.10 Å². The van der Waals surface area contributed by atoms with E-state index in [1.165, 1.54) is 19.3 Å². The van der Waals surface area contributed by atoms with Crippen LogP contribution in [-0.4, -0.2) is 20.8 Å². The molecule has 4 rings (SSSR count). The van der Waals surface area contributed by atoms with Crippen molar-refractivity contribution in [3.8, 4) is 11.3 Å². The Kier molecular flexibility index (Phi) is 3.56. The SMILES string of the molecule is CC(C)(C)n1nc(-c2ccccc2)c2c(NC3CCC3)nccc21. The number of hydrogen-bond donors (Lipinski definition) is 1. The Morgan fingerprint density at radius 3 is 2.46 bits per heavy atom. The van der Waals surface area contributed by atoms with Gasteiger partial charge in [-0.3, -0.25) is 4.68 Å². The van der Waals surface area contributed by atoms with Crippen LogP contribution in [0, 0.1) is 0 Å². The van der Waals surface area contributed by atoms with Crippen molar-refractivity contribution in [1.29, 1.82) is 0 Å². The zero-order chi connectivity index (χ0) is 16.7. The van der Waals surface area contributed by atoms with Gasteiger partial charge < -0.3 is 5.32 Å². The third-order valence-electron chi connectivity index (χ3n) is 4.72. The molecule has 4 nitrogen and oxygen atoms in total. The number of fused-ring (bicyclic) bond motifs is 1. The molecule has 1 saturated carbocycles. The van der Waals surface area contributed by atoms with Crippen molar-refractivity contribution in [2.75, 3.05) is 5.32 Å². The molecule has 1 N–H and O–H groups in total. The summed E-state index contributed by atoms with van der Waals surface area (Å²) in [6, 6.07) is 13.0. The highest BCUT2D eigenvalue weighted by atomic mass is 15.3. The Balaban J connectivity index is 1.95. The summed E-state index contributed by atoms with van der Waals surface area (Å²) in [7, 11) is 0. The molecule has 24 heavy (non-hydrogen) atoms. The molecule has 0 saturated heterocycles. The van der Waals surface area contributed by atoms with Gasteiger partial charge in [-0.05, 0) is 46.1 Å². The van der Waals surface area contributed by atoms with E-state index in [1.54, 1.807) is 0 Å². The van der Waals surface area contributed by atoms with Crippen LogP contribution in [0.15, 0.2) is 42.6 Å². The van der Waals surface area contributed by atoms with Crippen molar-refractivity contribution in [3.05, 3.63) is 42.6 Å². The van der Waals surface area contributed by atoms with E-state index in [9.17, 15) is 0 Å². The van der Waals surface area contributed by atoms with E-state index in [0.717, 1.165) is 28.0 Å². The van der Waals surface area contributed by atoms with Crippen LogP contribution in [0.25, 0.3) is 22.2 Å². The standard InChI is InChI=1S/C20H24N4/c1-20(2,3)24-16-12-13-21-19(22-15-10-7-11-15)17(16)18(23-24)14-8-5-4-6-9-14/h4-6,8-9,12-13,15H,7,10-11H2,1-3H3,(H,21,22). The first kappa shape index (κ1) is 15.2. The zero-order valence-corrected chi connectivity index (χ0v) is 14.6. The van der Waals surface area contributed by atoms with Crippen LogP contribution >= 0.6 is 0 Å². The van der Waals surface area contributed by atoms with Crippen LogP contribution in [0.1, 0.15) is 40.0 Å². The number of aromatic nitrogens is 3. The van der Waals surface area contributed by atoms with E-state index in [1.807, 2.05) is 12.3 Å². The van der Waals surface area contributed by atoms with Crippen LogP contribution in [-0.2, 0) is 5.54 Å². The van der Waals surface area contributed by atoms with Gasteiger partial charge >= 0.3 is 0 Å². The molecule has 0 amide bonds. The van der Waals surface area contributed by atoms with Crippen LogP contribution in [0.5, 0.6) is 0 Å². The molecule has 1 aliphatic carbocycles. The number of nitrogens with zero attached hydrogens (tertiary/aromatic N) is 3. The van der Waals surface area contributed by atoms with E-state index in [0.29, 0.717) is 6.04 Å². The number of pyridine rings is 1. The number of nitrogens with one attached hydrogen (secondary N) is 1. The van der Waals surface area contributed by atoms with Gasteiger partial charge in [0, 0.05) is 17.8 Å². The highest BCUT2D eigenvalue weighted by molar-refractivity contribution is 6.01. The van der Waals surface area contributed by atoms with E-state index < -0.39 is 0 Å². The van der Waals surface area contributed by atoms with Crippen molar-refractivity contribution in [3.63, 3.8) is 0 Å². The van der Waals surface area contributed by atoms with Crippen LogP contribution in [0.3, 0.4) is 0 Å². The summed E-state index contributed by atoms with van der Waals surface area (Å²) in [6.45, 7) is 6.56. The normalized spacial score (nSPS) is 15.5. The molecule has 2 heterocycles. The highest BCUT2D eigenvalue weighted by Crippen LogP contribution is 2.36. The molecule has 1 aliphatic rings. The van der Waals surface area contributed by atoms with E-state index in [4.69, 9.17) is 5.10 Å². The number of anilines is 1. The molecule has 0 spiro atoms. The second-order valence-corrected chi connectivity index (χ2v) is 7.62. The van der Waals surface area contributed by atoms with Gasteiger partial charge in [0.2, 0.25) is 0 Å². The van der Waals surface area contributed by atoms with Crippen molar-refractivity contribution >= 4 is 16.7 Å². The minimum absolute atomic E-state index is 0.0830. The number of hydrogen-bond acceptors (Lipinski definition) is 3. The first-order chi connectivity index (χ1) is 11.5. The van der Waals surface area contributed by atoms with E-state index in [2.05, 4.69) is 66.1 Å². The highest BCUT2D eigenvalue weighted by Gasteiger charge is 2.25. The summed E-state index contributed by atoms with van der Waals surface area (Å²) in [6.07, 6.45) is 5.65. The Morgan fingerprint density at radius 2 is 1.83 bits per heavy atom. The summed E-state index contributed by atoms with van der Waals surface area (Å²) in [5.74, 6) is 0.964. The van der Waals surface area contributed by atoms with Gasteiger partial charge in [-0.25, -0.2) is 4.98 Å². The molecule has 3 aromatic rings. The van der Waals surface area contributed by atoms with Gasteiger partial charge in [-0.15, -0.1) is 0 Å². The maximum atomic E-state index is 4.98. The lowest BCUT2D eigenvalue weighted by atomic mass is 9.93. The van der Waals surface area contributed by atoms with E-state index in [-0.39, 0.29) is 5.54 Å². The Bertz CT molecular complexity index is 854. The maximum Gasteiger partial charge on any atom is 0.137 e. The summed E-state index contributed by atoms with van der Waals surface area (Å²) in [5, 5.41) is 9.74. The predicted molar refractivity (Wildman–Crippen MR) is 99.2 cm³/mol. The fraction of sp³-hybridized carbons (Fsp3) is 0.400. The third-order valence-corrected chi connectivity index (χ3v) is 4.72. The Hall–Kier alpha value is -2.36. The maximum absolute atomic E-state index is 4.98. The zero-order valence-electron chi connectivity index (χ0n) is 14.6. The smallest absolute Gasteiger partial charge is 0.137 e. The van der Waals surface area contributed by atoms with Gasteiger partial charge in [-0.1, -0.05) is 30.3 Å². The minimum Gasteiger partial charge on any atom is -0.367 e. The molecule has 124 valence electrons. The lowest BCUT2D eigenvalue weighted by Crippen LogP contribution is -2.27. The molecule has 0 radical (unpaired) electrons. The van der Waals surface area contributed by atoms with Crippen molar-refractivity contribution < 1.29 is 0 Å². The first-order valence-electron chi connectivity index (χ1n) is 8.74. The van der Waals surface area contributed by atoms with Crippen molar-refractivity contribution in [2.24, 2.45) is 0 Å². The number of rotatable bonds is 3. The monoisotopic (exact) mass is 320 g/mol. The third kappa shape index (κ3) is 2.56. The second-order valence-electron chi connectivity index (χ2n) is 7.62. The molecular formula is C20H24N4. The fourth-order valence-electron chi connectivity index (χ4n) is 3.23. The van der Waals surface area contributed by atoms with Crippen molar-refractivity contribution in [1.82, 2.24) is 14.8 Å². The molecule has 1 aromatic carbocycles. The molecule has 4 heteroatoms. The quantitative estimate of drug-likeness (QED) is 0.752. The minimum atomic E-state index is -0.0830. The molecule has 0 bridgehead atoms. The average Bonchev–Trinajstić information content (AvgIpc) is 2.92. The van der Waals surface area contributed by atoms with E-state index >= 15 is 0 Å². The van der Waals surface area contributed by atoms with Gasteiger partial charge in [0.1, 0.15) is 11.5 Å². The molecular weight excluding hydrogens is 296 g/mol. The van der Waals surface area contributed by atoms with Gasteiger partial charge in [0.15, 0.2) is 0 Å². The predicted octanol–water partition coefficient (Wildman–Crippen LogP) is 4.82. The number of benzene rings is 1. The van der Waals surface area contributed by atoms with Crippen LogP contribution < -0.4 is 5.32 Å². The molecule has 0 unspecified atom stereocenters. The summed E-state index contributed by atoms with van der Waals surface area (Å²) < 4.78 is 2.12. The van der Waals surface area contributed by atoms with Gasteiger partial charge in [0.05, 0.1) is 16.4 Å². The van der Waals surface area contributed by atoms with Crippen LogP contribution in [0.4, 0.5) is 5.82 Å². The van der Waals surface area contributed by atoms with Crippen molar-refractivity contribution in [2.45, 2.75) is 51.6 Å². The lowest BCUT2D eigenvalue weighted by Gasteiger charge is -2.27.